The summed E-state index contributed by atoms with van der Waals surface area (Å²) in [5.74, 6) is -0.250. The van der Waals surface area contributed by atoms with Gasteiger partial charge in [-0.05, 0) is 88.4 Å². The fraction of sp³-hybridized carbons (Fsp3) is 0.424. The first-order valence-electron chi connectivity index (χ1n) is 14.8. The fourth-order valence-corrected chi connectivity index (χ4v) is 6.44. The summed E-state index contributed by atoms with van der Waals surface area (Å²) in [4.78, 5) is 27.8. The third kappa shape index (κ3) is 7.31. The molecule has 5 rings (SSSR count). The lowest BCUT2D eigenvalue weighted by Gasteiger charge is -2.29. The van der Waals surface area contributed by atoms with E-state index in [9.17, 15) is 14.0 Å². The number of carbonyl (C=O) groups excluding carboxylic acids is 2. The van der Waals surface area contributed by atoms with Crippen molar-refractivity contribution in [1.82, 2.24) is 15.1 Å². The Labute approximate surface area is 262 Å². The number of carbonyl (C=O) groups is 2. The van der Waals surface area contributed by atoms with Crippen molar-refractivity contribution in [2.24, 2.45) is 5.92 Å². The average Bonchev–Trinajstić information content (AvgIpc) is 3.33. The van der Waals surface area contributed by atoms with Crippen LogP contribution < -0.4 is 10.2 Å². The van der Waals surface area contributed by atoms with E-state index < -0.39 is 11.7 Å². The zero-order valence-corrected chi connectivity index (χ0v) is 26.5. The normalized spacial score (nSPS) is 19.1. The zero-order valence-electron chi connectivity index (χ0n) is 25.0. The summed E-state index contributed by atoms with van der Waals surface area (Å²) >= 11 is 12.9. The maximum atomic E-state index is 13.9. The van der Waals surface area contributed by atoms with Crippen molar-refractivity contribution >= 4 is 46.9 Å². The number of aromatic nitrogens is 2. The van der Waals surface area contributed by atoms with Crippen molar-refractivity contribution in [3.05, 3.63) is 80.8 Å². The van der Waals surface area contributed by atoms with Gasteiger partial charge < -0.3 is 10.1 Å². The maximum absolute atomic E-state index is 13.9. The molecule has 1 aliphatic carbocycles. The van der Waals surface area contributed by atoms with Gasteiger partial charge in [0.15, 0.2) is 5.69 Å². The van der Waals surface area contributed by atoms with Crippen LogP contribution in [-0.2, 0) is 11.3 Å². The third-order valence-electron chi connectivity index (χ3n) is 8.05. The molecule has 2 aliphatic rings. The zero-order chi connectivity index (χ0) is 30.9. The predicted octanol–water partition coefficient (Wildman–Crippen LogP) is 6.89. The Kier molecular flexibility index (Phi) is 9.30. The van der Waals surface area contributed by atoms with Crippen molar-refractivity contribution in [1.29, 1.82) is 0 Å². The fourth-order valence-electron chi connectivity index (χ4n) is 5.95. The highest BCUT2D eigenvalue weighted by Gasteiger charge is 2.39. The topological polar surface area (TPSA) is 77.7 Å². The molecule has 43 heavy (non-hydrogen) atoms. The molecule has 2 amide bonds. The molecule has 1 fully saturated rings. The SMILES string of the molecule is C[C@H](NC(=O)c1nn(-c2ccc(Cl)cc2Cl)c2c1C[NH+](C(=O)OC(C)(C)C)C/C2=C\c1ccc(F)cc1)C1CCCCC1. The number of benzene rings is 2. The number of nitrogens with zero attached hydrogens (tertiary/aromatic N) is 2. The first-order valence-corrected chi connectivity index (χ1v) is 15.6. The molecule has 0 bridgehead atoms. The van der Waals surface area contributed by atoms with Gasteiger partial charge in [-0.1, -0.05) is 54.6 Å². The van der Waals surface area contributed by atoms with Crippen molar-refractivity contribution in [3.8, 4) is 5.69 Å². The van der Waals surface area contributed by atoms with E-state index >= 15 is 0 Å². The van der Waals surface area contributed by atoms with Crippen LogP contribution in [0, 0.1) is 11.7 Å². The predicted molar refractivity (Wildman–Crippen MR) is 167 cm³/mol. The Balaban J connectivity index is 1.64. The molecule has 0 spiro atoms. The first kappa shape index (κ1) is 31.2. The van der Waals surface area contributed by atoms with E-state index in [2.05, 4.69) is 5.32 Å². The third-order valence-corrected chi connectivity index (χ3v) is 8.59. The van der Waals surface area contributed by atoms with Gasteiger partial charge >= 0.3 is 6.09 Å². The lowest BCUT2D eigenvalue weighted by atomic mass is 9.84. The second kappa shape index (κ2) is 12.8. The van der Waals surface area contributed by atoms with Crippen LogP contribution in [0.2, 0.25) is 10.0 Å². The van der Waals surface area contributed by atoms with E-state index in [1.54, 1.807) is 35.0 Å². The monoisotopic (exact) mass is 627 g/mol. The number of rotatable bonds is 5. The summed E-state index contributed by atoms with van der Waals surface area (Å²) < 4.78 is 21.2. The molecule has 1 aliphatic heterocycles. The van der Waals surface area contributed by atoms with E-state index in [-0.39, 0.29) is 36.5 Å². The second-order valence-corrected chi connectivity index (χ2v) is 13.4. The second-order valence-electron chi connectivity index (χ2n) is 12.5. The van der Waals surface area contributed by atoms with Crippen LogP contribution in [0.25, 0.3) is 17.3 Å². The Morgan fingerprint density at radius 3 is 2.44 bits per heavy atom. The molecule has 10 heteroatoms. The number of hydrogen-bond donors (Lipinski definition) is 2. The highest BCUT2D eigenvalue weighted by Crippen LogP contribution is 2.33. The molecule has 2 heterocycles. The molecule has 7 nitrogen and oxygen atoms in total. The minimum atomic E-state index is -0.693. The van der Waals surface area contributed by atoms with Crippen molar-refractivity contribution in [3.63, 3.8) is 0 Å². The molecule has 2 atom stereocenters. The lowest BCUT2D eigenvalue weighted by Crippen LogP contribution is -3.14. The van der Waals surface area contributed by atoms with Crippen LogP contribution in [0.15, 0.2) is 42.5 Å². The van der Waals surface area contributed by atoms with Gasteiger partial charge in [0.2, 0.25) is 0 Å². The highest BCUT2D eigenvalue weighted by atomic mass is 35.5. The molecular weight excluding hydrogens is 590 g/mol. The summed E-state index contributed by atoms with van der Waals surface area (Å²) in [7, 11) is 0. The maximum Gasteiger partial charge on any atom is 0.515 e. The van der Waals surface area contributed by atoms with Crippen LogP contribution in [0.5, 0.6) is 0 Å². The molecule has 1 unspecified atom stereocenters. The Hall–Kier alpha value is -3.20. The van der Waals surface area contributed by atoms with E-state index in [1.807, 2.05) is 33.8 Å². The first-order chi connectivity index (χ1) is 20.4. The minimum Gasteiger partial charge on any atom is -0.414 e. The number of alkyl carbamates (subject to hydrolysis) is 2. The molecule has 1 saturated carbocycles. The number of nitrogens with one attached hydrogen (secondary N) is 2. The van der Waals surface area contributed by atoms with Crippen molar-refractivity contribution < 1.29 is 23.6 Å². The van der Waals surface area contributed by atoms with Crippen LogP contribution in [0.1, 0.15) is 87.1 Å². The molecule has 3 aromatic rings. The van der Waals surface area contributed by atoms with E-state index in [0.717, 1.165) is 36.8 Å². The van der Waals surface area contributed by atoms with Crippen molar-refractivity contribution in [2.45, 2.75) is 78.0 Å². The lowest BCUT2D eigenvalue weighted by molar-refractivity contribution is -0.832. The van der Waals surface area contributed by atoms with Gasteiger partial charge in [0.1, 0.15) is 24.5 Å². The van der Waals surface area contributed by atoms with Gasteiger partial charge in [-0.2, -0.15) is 9.89 Å². The van der Waals surface area contributed by atoms with Crippen molar-refractivity contribution in [2.75, 3.05) is 6.54 Å². The number of fused-ring (bicyclic) bond motifs is 1. The molecule has 1 aromatic heterocycles. The average molecular weight is 629 g/mol. The summed E-state index contributed by atoms with van der Waals surface area (Å²) in [6.45, 7) is 7.96. The summed E-state index contributed by atoms with van der Waals surface area (Å²) in [6, 6.07) is 11.2. The summed E-state index contributed by atoms with van der Waals surface area (Å²) in [6.07, 6.45) is 7.16. The Morgan fingerprint density at radius 2 is 1.79 bits per heavy atom. The smallest absolute Gasteiger partial charge is 0.414 e. The van der Waals surface area contributed by atoms with Gasteiger partial charge in [0, 0.05) is 16.6 Å². The van der Waals surface area contributed by atoms with Gasteiger partial charge in [-0.15, -0.1) is 0 Å². The van der Waals surface area contributed by atoms with E-state index in [0.29, 0.717) is 37.8 Å². The van der Waals surface area contributed by atoms with Crippen LogP contribution in [0.3, 0.4) is 0 Å². The van der Waals surface area contributed by atoms with Crippen LogP contribution in [0.4, 0.5) is 9.18 Å². The summed E-state index contributed by atoms with van der Waals surface area (Å²) in [5.41, 5.74) is 2.83. The number of ether oxygens (including phenoxy) is 1. The number of amides is 2. The van der Waals surface area contributed by atoms with E-state index in [4.69, 9.17) is 33.0 Å². The molecular formula is C33H38Cl2FN4O3+. The van der Waals surface area contributed by atoms with Gasteiger partial charge in [0.25, 0.3) is 5.91 Å². The van der Waals surface area contributed by atoms with Gasteiger partial charge in [-0.3, -0.25) is 4.79 Å². The Bertz CT molecular complexity index is 1540. The quantitative estimate of drug-likeness (QED) is 0.323. The van der Waals surface area contributed by atoms with Crippen LogP contribution >= 0.6 is 23.2 Å². The van der Waals surface area contributed by atoms with E-state index in [1.165, 1.54) is 18.6 Å². The van der Waals surface area contributed by atoms with Gasteiger partial charge in [-0.25, -0.2) is 14.0 Å². The molecule has 228 valence electrons. The minimum absolute atomic E-state index is 0.0279. The summed E-state index contributed by atoms with van der Waals surface area (Å²) in [5, 5.41) is 8.87. The number of hydrogen-bond acceptors (Lipinski definition) is 4. The van der Waals surface area contributed by atoms with Crippen LogP contribution in [-0.4, -0.2) is 40.0 Å². The molecule has 2 aromatic carbocycles. The number of halogens is 3. The van der Waals surface area contributed by atoms with Gasteiger partial charge in [0.05, 0.1) is 22.0 Å². The molecule has 0 radical (unpaired) electrons. The molecule has 0 saturated heterocycles. The standard InChI is InChI=1S/C33H37Cl2FN4O3/c1-20(22-8-6-5-7-9-22)37-31(41)29-26-19-39(32(42)43-33(2,3)4)18-23(16-21-10-13-25(36)14-11-21)30(26)40(38-29)28-15-12-24(34)17-27(28)35/h10-17,20,22H,5-9,18-19H2,1-4H3,(H,37,41)/p+1/b23-16+/t20-/m0/s1. The molecule has 2 N–H and O–H groups in total. The Morgan fingerprint density at radius 1 is 1.09 bits per heavy atom. The number of quaternary nitrogens is 1. The highest BCUT2D eigenvalue weighted by molar-refractivity contribution is 6.35. The largest absolute Gasteiger partial charge is 0.515 e.